The summed E-state index contributed by atoms with van der Waals surface area (Å²) in [7, 11) is 0. The van der Waals surface area contributed by atoms with Crippen LogP contribution in [0.4, 0.5) is 0 Å². The van der Waals surface area contributed by atoms with Crippen molar-refractivity contribution in [3.8, 4) is 0 Å². The van der Waals surface area contributed by atoms with Crippen LogP contribution in [0.1, 0.15) is 18.4 Å². The van der Waals surface area contributed by atoms with Crippen molar-refractivity contribution < 1.29 is 4.79 Å². The number of carbonyl (C=O) groups is 1. The summed E-state index contributed by atoms with van der Waals surface area (Å²) in [6, 6.07) is 8.46. The molecular weight excluding hydrogens is 238 g/mol. The summed E-state index contributed by atoms with van der Waals surface area (Å²) in [6.07, 6.45) is 4.50. The van der Waals surface area contributed by atoms with Gasteiger partial charge in [-0.15, -0.1) is 0 Å². The highest BCUT2D eigenvalue weighted by Gasteiger charge is 2.26. The Labute approximate surface area is 112 Å². The number of fused-ring (bicyclic) bond motifs is 1. The summed E-state index contributed by atoms with van der Waals surface area (Å²) in [5.41, 5.74) is 8.14. The van der Waals surface area contributed by atoms with Crippen molar-refractivity contribution >= 4 is 16.8 Å². The minimum Gasteiger partial charge on any atom is -0.361 e. The first kappa shape index (κ1) is 12.2. The molecule has 2 heterocycles. The standard InChI is InChI=1S/C15H19N3O/c16-12-9-18(10-12)15(19)7-3-4-11-8-17-14-6-2-1-5-13(11)14/h1-2,5-6,8,12,17H,3-4,7,9-10,16H2. The quantitative estimate of drug-likeness (QED) is 0.875. The van der Waals surface area contributed by atoms with Gasteiger partial charge in [-0.2, -0.15) is 0 Å². The Hall–Kier alpha value is -1.81. The predicted octanol–water partition coefficient (Wildman–Crippen LogP) is 1.66. The lowest BCUT2D eigenvalue weighted by Gasteiger charge is -2.36. The van der Waals surface area contributed by atoms with Crippen LogP contribution in [0.25, 0.3) is 10.9 Å². The lowest BCUT2D eigenvalue weighted by Crippen LogP contribution is -2.57. The maximum Gasteiger partial charge on any atom is 0.222 e. The van der Waals surface area contributed by atoms with Crippen molar-refractivity contribution in [3.63, 3.8) is 0 Å². The molecular formula is C15H19N3O. The van der Waals surface area contributed by atoms with Crippen LogP contribution < -0.4 is 5.73 Å². The van der Waals surface area contributed by atoms with Gasteiger partial charge < -0.3 is 15.6 Å². The second kappa shape index (κ2) is 5.05. The highest BCUT2D eigenvalue weighted by atomic mass is 16.2. The van der Waals surface area contributed by atoms with Crippen LogP contribution in [0.2, 0.25) is 0 Å². The molecule has 19 heavy (non-hydrogen) atoms. The highest BCUT2D eigenvalue weighted by molar-refractivity contribution is 5.83. The molecule has 0 radical (unpaired) electrons. The summed E-state index contributed by atoms with van der Waals surface area (Å²) in [4.78, 5) is 16.9. The Kier molecular flexibility index (Phi) is 3.25. The van der Waals surface area contributed by atoms with Gasteiger partial charge in [0.05, 0.1) is 0 Å². The SMILES string of the molecule is NC1CN(C(=O)CCCc2c[nH]c3ccccc23)C1. The molecule has 1 aromatic carbocycles. The van der Waals surface area contributed by atoms with Crippen LogP contribution in [0, 0.1) is 0 Å². The van der Waals surface area contributed by atoms with Crippen molar-refractivity contribution in [3.05, 3.63) is 36.0 Å². The van der Waals surface area contributed by atoms with Gasteiger partial charge in [-0.3, -0.25) is 4.79 Å². The van der Waals surface area contributed by atoms with Gasteiger partial charge in [-0.05, 0) is 24.5 Å². The molecule has 3 N–H and O–H groups in total. The number of aromatic nitrogens is 1. The molecule has 2 aromatic rings. The lowest BCUT2D eigenvalue weighted by atomic mass is 10.1. The fourth-order valence-electron chi connectivity index (χ4n) is 2.64. The first-order valence-electron chi connectivity index (χ1n) is 6.82. The van der Waals surface area contributed by atoms with E-state index in [1.165, 1.54) is 10.9 Å². The van der Waals surface area contributed by atoms with Crippen molar-refractivity contribution in [2.24, 2.45) is 5.73 Å². The van der Waals surface area contributed by atoms with Crippen LogP contribution in [0.3, 0.4) is 0 Å². The Morgan fingerprint density at radius 3 is 2.95 bits per heavy atom. The molecule has 1 aromatic heterocycles. The highest BCUT2D eigenvalue weighted by Crippen LogP contribution is 2.20. The minimum atomic E-state index is 0.192. The summed E-state index contributed by atoms with van der Waals surface area (Å²) in [6.45, 7) is 1.46. The Bertz CT molecular complexity index is 584. The van der Waals surface area contributed by atoms with Crippen molar-refractivity contribution in [1.29, 1.82) is 0 Å². The van der Waals surface area contributed by atoms with Crippen LogP contribution in [0.5, 0.6) is 0 Å². The smallest absolute Gasteiger partial charge is 0.222 e. The maximum atomic E-state index is 11.8. The van der Waals surface area contributed by atoms with Gasteiger partial charge >= 0.3 is 0 Å². The van der Waals surface area contributed by atoms with Crippen LogP contribution in [0.15, 0.2) is 30.5 Å². The number of H-pyrrole nitrogens is 1. The molecule has 100 valence electrons. The average Bonchev–Trinajstić information content (AvgIpc) is 2.79. The number of amides is 1. The number of para-hydroxylation sites is 1. The normalized spacial score (nSPS) is 15.7. The number of hydrogen-bond donors (Lipinski definition) is 2. The molecule has 1 amide bonds. The topological polar surface area (TPSA) is 62.1 Å². The Morgan fingerprint density at radius 2 is 2.16 bits per heavy atom. The molecule has 4 nitrogen and oxygen atoms in total. The van der Waals surface area contributed by atoms with E-state index in [-0.39, 0.29) is 11.9 Å². The number of aryl methyl sites for hydroxylation is 1. The number of benzene rings is 1. The molecule has 1 aliphatic rings. The van der Waals surface area contributed by atoms with E-state index in [2.05, 4.69) is 23.3 Å². The molecule has 0 atom stereocenters. The van der Waals surface area contributed by atoms with Gasteiger partial charge in [0.15, 0.2) is 0 Å². The van der Waals surface area contributed by atoms with Gasteiger partial charge in [-0.25, -0.2) is 0 Å². The van der Waals surface area contributed by atoms with Crippen LogP contribution in [-0.4, -0.2) is 34.9 Å². The number of hydrogen-bond acceptors (Lipinski definition) is 2. The largest absolute Gasteiger partial charge is 0.361 e. The van der Waals surface area contributed by atoms with E-state index in [4.69, 9.17) is 5.73 Å². The van der Waals surface area contributed by atoms with E-state index in [1.54, 1.807) is 0 Å². The average molecular weight is 257 g/mol. The fourth-order valence-corrected chi connectivity index (χ4v) is 2.64. The van der Waals surface area contributed by atoms with Gasteiger partial charge in [0.1, 0.15) is 0 Å². The lowest BCUT2D eigenvalue weighted by molar-refractivity contribution is -0.135. The number of nitrogens with zero attached hydrogens (tertiary/aromatic N) is 1. The number of likely N-dealkylation sites (tertiary alicyclic amines) is 1. The predicted molar refractivity (Wildman–Crippen MR) is 75.8 cm³/mol. The Morgan fingerprint density at radius 1 is 1.37 bits per heavy atom. The van der Waals surface area contributed by atoms with Crippen LogP contribution in [-0.2, 0) is 11.2 Å². The third kappa shape index (κ3) is 2.49. The van der Waals surface area contributed by atoms with Gasteiger partial charge in [0, 0.05) is 42.7 Å². The summed E-state index contributed by atoms with van der Waals surface area (Å²) < 4.78 is 0. The molecule has 4 heteroatoms. The van der Waals surface area contributed by atoms with Crippen molar-refractivity contribution in [2.75, 3.05) is 13.1 Å². The fraction of sp³-hybridized carbons (Fsp3) is 0.400. The molecule has 1 aliphatic heterocycles. The third-order valence-electron chi connectivity index (χ3n) is 3.77. The number of carbonyl (C=O) groups excluding carboxylic acids is 1. The van der Waals surface area contributed by atoms with E-state index in [9.17, 15) is 4.79 Å². The second-order valence-corrected chi connectivity index (χ2v) is 5.27. The van der Waals surface area contributed by atoms with E-state index >= 15 is 0 Å². The summed E-state index contributed by atoms with van der Waals surface area (Å²) in [5.74, 6) is 0.238. The molecule has 0 spiro atoms. The van der Waals surface area contributed by atoms with E-state index in [1.807, 2.05) is 17.0 Å². The van der Waals surface area contributed by atoms with E-state index < -0.39 is 0 Å². The zero-order valence-electron chi connectivity index (χ0n) is 10.9. The molecule has 1 fully saturated rings. The van der Waals surface area contributed by atoms with Crippen LogP contribution >= 0.6 is 0 Å². The number of nitrogens with two attached hydrogens (primary N) is 1. The molecule has 0 bridgehead atoms. The molecule has 0 saturated carbocycles. The minimum absolute atomic E-state index is 0.192. The van der Waals surface area contributed by atoms with E-state index in [0.717, 1.165) is 31.4 Å². The van der Waals surface area contributed by atoms with Gasteiger partial charge in [0.25, 0.3) is 0 Å². The van der Waals surface area contributed by atoms with Gasteiger partial charge in [0.2, 0.25) is 5.91 Å². The molecule has 1 saturated heterocycles. The summed E-state index contributed by atoms with van der Waals surface area (Å²) in [5, 5.41) is 1.26. The Balaban J connectivity index is 1.53. The maximum absolute atomic E-state index is 11.8. The zero-order valence-corrected chi connectivity index (χ0v) is 10.9. The number of rotatable bonds is 4. The van der Waals surface area contributed by atoms with Crippen molar-refractivity contribution in [2.45, 2.75) is 25.3 Å². The third-order valence-corrected chi connectivity index (χ3v) is 3.77. The molecule has 0 unspecified atom stereocenters. The van der Waals surface area contributed by atoms with Crippen molar-refractivity contribution in [1.82, 2.24) is 9.88 Å². The zero-order chi connectivity index (χ0) is 13.2. The first-order chi connectivity index (χ1) is 9.24. The number of nitrogens with one attached hydrogen (secondary N) is 1. The molecule has 0 aliphatic carbocycles. The van der Waals surface area contributed by atoms with E-state index in [0.29, 0.717) is 6.42 Å². The number of aromatic amines is 1. The monoisotopic (exact) mass is 257 g/mol. The summed E-state index contributed by atoms with van der Waals surface area (Å²) >= 11 is 0. The molecule has 3 rings (SSSR count). The van der Waals surface area contributed by atoms with Gasteiger partial charge in [-0.1, -0.05) is 18.2 Å². The second-order valence-electron chi connectivity index (χ2n) is 5.27. The first-order valence-corrected chi connectivity index (χ1v) is 6.82.